The summed E-state index contributed by atoms with van der Waals surface area (Å²) in [4.78, 5) is 11.9. The number of carbonyl (C=O) groups excluding carboxylic acids is 1. The molecule has 2 rings (SSSR count). The second-order valence-electron chi connectivity index (χ2n) is 5.37. The third-order valence-corrected chi connectivity index (χ3v) is 4.21. The minimum Gasteiger partial charge on any atom is -0.396 e. The first kappa shape index (κ1) is 11.9. The van der Waals surface area contributed by atoms with Gasteiger partial charge in [-0.1, -0.05) is 0 Å². The Morgan fingerprint density at radius 2 is 1.81 bits per heavy atom. The molecule has 0 heterocycles. The van der Waals surface area contributed by atoms with E-state index in [1.54, 1.807) is 0 Å². The molecule has 0 spiro atoms. The topological polar surface area (TPSA) is 49.3 Å². The van der Waals surface area contributed by atoms with Gasteiger partial charge < -0.3 is 10.4 Å². The molecule has 0 aromatic heterocycles. The van der Waals surface area contributed by atoms with Crippen LogP contribution in [0.5, 0.6) is 0 Å². The SMILES string of the molecule is O=C(NC1CCC1)C1CCC(CCO)CC1. The maximum atomic E-state index is 11.9. The van der Waals surface area contributed by atoms with Crippen molar-refractivity contribution in [2.24, 2.45) is 11.8 Å². The maximum Gasteiger partial charge on any atom is 0.223 e. The summed E-state index contributed by atoms with van der Waals surface area (Å²) in [7, 11) is 0. The molecule has 1 amide bonds. The van der Waals surface area contributed by atoms with Gasteiger partial charge in [0.1, 0.15) is 0 Å². The molecule has 2 aliphatic carbocycles. The van der Waals surface area contributed by atoms with Gasteiger partial charge >= 0.3 is 0 Å². The molecule has 2 aliphatic rings. The third kappa shape index (κ3) is 2.97. The Bertz CT molecular complexity index is 230. The second kappa shape index (κ2) is 5.67. The molecule has 0 unspecified atom stereocenters. The minimum atomic E-state index is 0.246. The smallest absolute Gasteiger partial charge is 0.223 e. The number of aliphatic hydroxyl groups is 1. The number of hydrogen-bond acceptors (Lipinski definition) is 2. The normalized spacial score (nSPS) is 30.8. The number of aliphatic hydroxyl groups excluding tert-OH is 1. The number of rotatable bonds is 4. The summed E-state index contributed by atoms with van der Waals surface area (Å²) >= 11 is 0. The molecule has 0 aromatic carbocycles. The fraction of sp³-hybridized carbons (Fsp3) is 0.923. The van der Waals surface area contributed by atoms with E-state index < -0.39 is 0 Å². The highest BCUT2D eigenvalue weighted by molar-refractivity contribution is 5.79. The van der Waals surface area contributed by atoms with Crippen LogP contribution in [0.3, 0.4) is 0 Å². The average Bonchev–Trinajstić information content (AvgIpc) is 2.25. The van der Waals surface area contributed by atoms with Crippen LogP contribution >= 0.6 is 0 Å². The van der Waals surface area contributed by atoms with Crippen LogP contribution in [0.25, 0.3) is 0 Å². The summed E-state index contributed by atoms with van der Waals surface area (Å²) in [5.41, 5.74) is 0. The fourth-order valence-corrected chi connectivity index (χ4v) is 2.77. The molecule has 0 aliphatic heterocycles. The Kier molecular flexibility index (Phi) is 4.22. The summed E-state index contributed by atoms with van der Waals surface area (Å²) in [5.74, 6) is 1.18. The molecular weight excluding hydrogens is 202 g/mol. The lowest BCUT2D eigenvalue weighted by Gasteiger charge is -2.31. The van der Waals surface area contributed by atoms with Gasteiger partial charge in [0.2, 0.25) is 5.91 Å². The number of carbonyl (C=O) groups is 1. The molecule has 0 aromatic rings. The summed E-state index contributed by atoms with van der Waals surface area (Å²) in [5, 5.41) is 12.0. The minimum absolute atomic E-state index is 0.246. The second-order valence-corrected chi connectivity index (χ2v) is 5.37. The van der Waals surface area contributed by atoms with Gasteiger partial charge in [0.15, 0.2) is 0 Å². The van der Waals surface area contributed by atoms with Crippen molar-refractivity contribution in [3.05, 3.63) is 0 Å². The molecule has 2 N–H and O–H groups in total. The van der Waals surface area contributed by atoms with Gasteiger partial charge in [-0.3, -0.25) is 4.79 Å². The highest BCUT2D eigenvalue weighted by Crippen LogP contribution is 2.31. The predicted molar refractivity (Wildman–Crippen MR) is 62.9 cm³/mol. The molecule has 3 nitrogen and oxygen atoms in total. The number of hydrogen-bond donors (Lipinski definition) is 2. The van der Waals surface area contributed by atoms with Crippen molar-refractivity contribution >= 4 is 5.91 Å². The Morgan fingerprint density at radius 1 is 1.12 bits per heavy atom. The quantitative estimate of drug-likeness (QED) is 0.767. The average molecular weight is 225 g/mol. The van der Waals surface area contributed by atoms with Crippen molar-refractivity contribution in [2.45, 2.75) is 57.4 Å². The van der Waals surface area contributed by atoms with Gasteiger partial charge in [0, 0.05) is 18.6 Å². The summed E-state index contributed by atoms with van der Waals surface area (Å²) < 4.78 is 0. The van der Waals surface area contributed by atoms with Gasteiger partial charge in [0.05, 0.1) is 0 Å². The van der Waals surface area contributed by atoms with Gasteiger partial charge in [-0.15, -0.1) is 0 Å². The van der Waals surface area contributed by atoms with Crippen LogP contribution in [0.2, 0.25) is 0 Å². The highest BCUT2D eigenvalue weighted by atomic mass is 16.3. The van der Waals surface area contributed by atoms with E-state index in [-0.39, 0.29) is 11.8 Å². The largest absolute Gasteiger partial charge is 0.396 e. The van der Waals surface area contributed by atoms with E-state index in [2.05, 4.69) is 5.32 Å². The molecule has 2 saturated carbocycles. The first-order valence-corrected chi connectivity index (χ1v) is 6.71. The molecule has 16 heavy (non-hydrogen) atoms. The van der Waals surface area contributed by atoms with Crippen LogP contribution in [0, 0.1) is 11.8 Å². The predicted octanol–water partition coefficient (Wildman–Crippen LogP) is 1.84. The van der Waals surface area contributed by atoms with Gasteiger partial charge in [-0.25, -0.2) is 0 Å². The van der Waals surface area contributed by atoms with E-state index in [0.29, 0.717) is 18.6 Å². The first-order chi connectivity index (χ1) is 7.79. The van der Waals surface area contributed by atoms with Crippen molar-refractivity contribution < 1.29 is 9.90 Å². The van der Waals surface area contributed by atoms with Gasteiger partial charge in [-0.2, -0.15) is 0 Å². The Hall–Kier alpha value is -0.570. The summed E-state index contributed by atoms with van der Waals surface area (Å²) in [6.07, 6.45) is 8.79. The van der Waals surface area contributed by atoms with Gasteiger partial charge in [-0.05, 0) is 57.3 Å². The van der Waals surface area contributed by atoms with E-state index in [9.17, 15) is 4.79 Å². The van der Waals surface area contributed by atoms with E-state index in [1.165, 1.54) is 19.3 Å². The molecule has 0 bridgehead atoms. The van der Waals surface area contributed by atoms with E-state index in [1.807, 2.05) is 0 Å². The number of nitrogens with one attached hydrogen (secondary N) is 1. The van der Waals surface area contributed by atoms with Crippen molar-refractivity contribution in [3.8, 4) is 0 Å². The van der Waals surface area contributed by atoms with Crippen LogP contribution < -0.4 is 5.32 Å². The molecule has 0 saturated heterocycles. The lowest BCUT2D eigenvalue weighted by atomic mass is 9.80. The summed E-state index contributed by atoms with van der Waals surface area (Å²) in [6, 6.07) is 0.475. The fourth-order valence-electron chi connectivity index (χ4n) is 2.77. The number of amides is 1. The van der Waals surface area contributed by atoms with Gasteiger partial charge in [0.25, 0.3) is 0 Å². The zero-order valence-electron chi connectivity index (χ0n) is 9.95. The van der Waals surface area contributed by atoms with Crippen molar-refractivity contribution in [3.63, 3.8) is 0 Å². The lowest BCUT2D eigenvalue weighted by molar-refractivity contribution is -0.127. The lowest BCUT2D eigenvalue weighted by Crippen LogP contribution is -2.43. The highest BCUT2D eigenvalue weighted by Gasteiger charge is 2.28. The van der Waals surface area contributed by atoms with Crippen LogP contribution in [0.15, 0.2) is 0 Å². The third-order valence-electron chi connectivity index (χ3n) is 4.21. The van der Waals surface area contributed by atoms with Crippen molar-refractivity contribution in [1.29, 1.82) is 0 Å². The molecule has 2 fully saturated rings. The van der Waals surface area contributed by atoms with E-state index in [4.69, 9.17) is 5.11 Å². The molecule has 3 heteroatoms. The molecule has 0 atom stereocenters. The standard InChI is InChI=1S/C13H23NO2/c15-9-8-10-4-6-11(7-5-10)13(16)14-12-2-1-3-12/h10-12,15H,1-9H2,(H,14,16). The zero-order chi connectivity index (χ0) is 11.4. The molecule has 0 radical (unpaired) electrons. The summed E-state index contributed by atoms with van der Waals surface area (Å²) in [6.45, 7) is 0.295. The van der Waals surface area contributed by atoms with E-state index in [0.717, 1.165) is 32.1 Å². The van der Waals surface area contributed by atoms with Crippen LogP contribution in [-0.2, 0) is 4.79 Å². The van der Waals surface area contributed by atoms with Crippen LogP contribution in [0.1, 0.15) is 51.4 Å². The van der Waals surface area contributed by atoms with Crippen molar-refractivity contribution in [2.75, 3.05) is 6.61 Å². The van der Waals surface area contributed by atoms with Crippen LogP contribution in [0.4, 0.5) is 0 Å². The Morgan fingerprint density at radius 3 is 2.31 bits per heavy atom. The van der Waals surface area contributed by atoms with Crippen molar-refractivity contribution in [1.82, 2.24) is 5.32 Å². The molecule has 92 valence electrons. The first-order valence-electron chi connectivity index (χ1n) is 6.71. The Labute approximate surface area is 97.6 Å². The zero-order valence-corrected chi connectivity index (χ0v) is 9.95. The van der Waals surface area contributed by atoms with E-state index >= 15 is 0 Å². The molecular formula is C13H23NO2. The Balaban J connectivity index is 1.68. The monoisotopic (exact) mass is 225 g/mol. The maximum absolute atomic E-state index is 11.9. The van der Waals surface area contributed by atoms with Crippen LogP contribution in [-0.4, -0.2) is 23.7 Å².